The van der Waals surface area contributed by atoms with Crippen LogP contribution in [-0.4, -0.2) is 4.98 Å². The Kier molecular flexibility index (Phi) is 4.71. The zero-order valence-corrected chi connectivity index (χ0v) is 13.5. The Morgan fingerprint density at radius 2 is 1.68 bits per heavy atom. The van der Waals surface area contributed by atoms with Gasteiger partial charge in [0.25, 0.3) is 0 Å². The first-order chi connectivity index (χ1) is 10.8. The summed E-state index contributed by atoms with van der Waals surface area (Å²) in [6.45, 7) is 0.531. The lowest BCUT2D eigenvalue weighted by molar-refractivity contribution is 0.308. The Morgan fingerprint density at radius 3 is 2.50 bits per heavy atom. The third kappa shape index (κ3) is 3.65. The first-order valence-electron chi connectivity index (χ1n) is 6.96. The summed E-state index contributed by atoms with van der Waals surface area (Å²) in [5.74, 6) is 1.56. The molecule has 0 aliphatic heterocycles. The molecule has 0 fully saturated rings. The zero-order chi connectivity index (χ0) is 15.2. The molecule has 2 aromatic carbocycles. The molecule has 1 N–H and O–H groups in total. The topological polar surface area (TPSA) is 34.2 Å². The molecule has 0 amide bonds. The van der Waals surface area contributed by atoms with Gasteiger partial charge in [-0.15, -0.1) is 0 Å². The molecule has 0 unspecified atom stereocenters. The molecule has 3 aromatic rings. The SMILES string of the molecule is Brc1cccnc1Nc1ccccc1OCc1ccccc1. The molecule has 4 heteroatoms. The quantitative estimate of drug-likeness (QED) is 0.686. The van der Waals surface area contributed by atoms with E-state index in [1.165, 1.54) is 0 Å². The minimum Gasteiger partial charge on any atom is -0.487 e. The molecule has 0 radical (unpaired) electrons. The molecule has 0 saturated heterocycles. The molecule has 3 rings (SSSR count). The second kappa shape index (κ2) is 7.09. The first kappa shape index (κ1) is 14.6. The van der Waals surface area contributed by atoms with Crippen molar-refractivity contribution in [1.82, 2.24) is 4.98 Å². The van der Waals surface area contributed by atoms with Crippen LogP contribution in [0.2, 0.25) is 0 Å². The Balaban J connectivity index is 1.77. The first-order valence-corrected chi connectivity index (χ1v) is 7.75. The third-order valence-corrected chi connectivity index (χ3v) is 3.78. The number of nitrogens with zero attached hydrogens (tertiary/aromatic N) is 1. The van der Waals surface area contributed by atoms with E-state index in [0.717, 1.165) is 27.3 Å². The van der Waals surface area contributed by atoms with Gasteiger partial charge in [0, 0.05) is 6.20 Å². The molecule has 0 saturated carbocycles. The molecule has 110 valence electrons. The van der Waals surface area contributed by atoms with Crippen LogP contribution < -0.4 is 10.1 Å². The number of anilines is 2. The number of nitrogens with one attached hydrogen (secondary N) is 1. The van der Waals surface area contributed by atoms with E-state index in [4.69, 9.17) is 4.74 Å². The van der Waals surface area contributed by atoms with Crippen molar-refractivity contribution in [3.8, 4) is 5.75 Å². The fraction of sp³-hybridized carbons (Fsp3) is 0.0556. The van der Waals surface area contributed by atoms with Gasteiger partial charge in [-0.05, 0) is 45.8 Å². The average Bonchev–Trinajstić information content (AvgIpc) is 2.57. The second-order valence-electron chi connectivity index (χ2n) is 4.73. The normalized spacial score (nSPS) is 10.2. The van der Waals surface area contributed by atoms with Crippen molar-refractivity contribution in [3.05, 3.63) is 83.0 Å². The van der Waals surface area contributed by atoms with Crippen molar-refractivity contribution in [2.24, 2.45) is 0 Å². The van der Waals surface area contributed by atoms with Crippen molar-refractivity contribution >= 4 is 27.4 Å². The van der Waals surface area contributed by atoms with Gasteiger partial charge in [0.15, 0.2) is 0 Å². The highest BCUT2D eigenvalue weighted by atomic mass is 79.9. The highest BCUT2D eigenvalue weighted by molar-refractivity contribution is 9.10. The molecular weight excluding hydrogens is 340 g/mol. The Bertz CT molecular complexity index is 747. The molecule has 0 bridgehead atoms. The van der Waals surface area contributed by atoms with Crippen LogP contribution in [0, 0.1) is 0 Å². The smallest absolute Gasteiger partial charge is 0.144 e. The predicted octanol–water partition coefficient (Wildman–Crippen LogP) is 5.17. The van der Waals surface area contributed by atoms with Crippen LogP contribution >= 0.6 is 15.9 Å². The molecule has 0 aliphatic carbocycles. The van der Waals surface area contributed by atoms with Crippen LogP contribution in [-0.2, 0) is 6.61 Å². The summed E-state index contributed by atoms with van der Waals surface area (Å²) in [5.41, 5.74) is 2.02. The lowest BCUT2D eigenvalue weighted by Crippen LogP contribution is -2.00. The van der Waals surface area contributed by atoms with Crippen LogP contribution in [0.1, 0.15) is 5.56 Å². The maximum absolute atomic E-state index is 5.93. The van der Waals surface area contributed by atoms with E-state index >= 15 is 0 Å². The van der Waals surface area contributed by atoms with Gasteiger partial charge in [0.2, 0.25) is 0 Å². The minimum atomic E-state index is 0.531. The van der Waals surface area contributed by atoms with Crippen LogP contribution in [0.3, 0.4) is 0 Å². The monoisotopic (exact) mass is 354 g/mol. The summed E-state index contributed by atoms with van der Waals surface area (Å²) < 4.78 is 6.84. The van der Waals surface area contributed by atoms with Crippen molar-refractivity contribution in [2.45, 2.75) is 6.61 Å². The Labute approximate surface area is 138 Å². The highest BCUT2D eigenvalue weighted by Crippen LogP contribution is 2.30. The van der Waals surface area contributed by atoms with Gasteiger partial charge in [-0.2, -0.15) is 0 Å². The van der Waals surface area contributed by atoms with Gasteiger partial charge in [0.1, 0.15) is 18.2 Å². The lowest BCUT2D eigenvalue weighted by Gasteiger charge is -2.13. The fourth-order valence-electron chi connectivity index (χ4n) is 2.04. The van der Waals surface area contributed by atoms with Crippen LogP contribution in [0.4, 0.5) is 11.5 Å². The maximum atomic E-state index is 5.93. The van der Waals surface area contributed by atoms with Gasteiger partial charge in [-0.1, -0.05) is 42.5 Å². The van der Waals surface area contributed by atoms with Crippen molar-refractivity contribution < 1.29 is 4.74 Å². The van der Waals surface area contributed by atoms with E-state index in [0.29, 0.717) is 6.61 Å². The summed E-state index contributed by atoms with van der Waals surface area (Å²) in [5, 5.41) is 3.29. The standard InChI is InChI=1S/C18H15BrN2O/c19-15-9-6-12-20-18(15)21-16-10-4-5-11-17(16)22-13-14-7-2-1-3-8-14/h1-12H,13H2,(H,20,21). The lowest BCUT2D eigenvalue weighted by atomic mass is 10.2. The van der Waals surface area contributed by atoms with E-state index in [-0.39, 0.29) is 0 Å². The van der Waals surface area contributed by atoms with Gasteiger partial charge >= 0.3 is 0 Å². The zero-order valence-electron chi connectivity index (χ0n) is 11.9. The number of hydrogen-bond donors (Lipinski definition) is 1. The number of rotatable bonds is 5. The highest BCUT2D eigenvalue weighted by Gasteiger charge is 2.06. The van der Waals surface area contributed by atoms with E-state index in [2.05, 4.69) is 26.2 Å². The van der Waals surface area contributed by atoms with Crippen molar-refractivity contribution in [2.75, 3.05) is 5.32 Å². The summed E-state index contributed by atoms with van der Waals surface area (Å²) >= 11 is 3.49. The van der Waals surface area contributed by atoms with Crippen molar-refractivity contribution in [1.29, 1.82) is 0 Å². The summed E-state index contributed by atoms with van der Waals surface area (Å²) in [4.78, 5) is 4.32. The largest absolute Gasteiger partial charge is 0.487 e. The van der Waals surface area contributed by atoms with Crippen LogP contribution in [0.25, 0.3) is 0 Å². The number of benzene rings is 2. The minimum absolute atomic E-state index is 0.531. The van der Waals surface area contributed by atoms with E-state index in [1.807, 2.05) is 66.7 Å². The molecule has 3 nitrogen and oxygen atoms in total. The molecule has 0 spiro atoms. The van der Waals surface area contributed by atoms with Gasteiger partial charge < -0.3 is 10.1 Å². The number of hydrogen-bond acceptors (Lipinski definition) is 3. The summed E-state index contributed by atoms with van der Waals surface area (Å²) in [6.07, 6.45) is 1.75. The molecule has 1 aromatic heterocycles. The van der Waals surface area contributed by atoms with E-state index in [1.54, 1.807) is 6.20 Å². The van der Waals surface area contributed by atoms with Crippen LogP contribution in [0.5, 0.6) is 5.75 Å². The second-order valence-corrected chi connectivity index (χ2v) is 5.58. The third-order valence-electron chi connectivity index (χ3n) is 3.14. The number of ether oxygens (including phenoxy) is 1. The number of aromatic nitrogens is 1. The van der Waals surface area contributed by atoms with Crippen molar-refractivity contribution in [3.63, 3.8) is 0 Å². The fourth-order valence-corrected chi connectivity index (χ4v) is 2.39. The molecular formula is C18H15BrN2O. The summed E-state index contributed by atoms with van der Waals surface area (Å²) in [7, 11) is 0. The van der Waals surface area contributed by atoms with Crippen LogP contribution in [0.15, 0.2) is 77.4 Å². The Morgan fingerprint density at radius 1 is 0.909 bits per heavy atom. The number of halogens is 1. The predicted molar refractivity (Wildman–Crippen MR) is 92.4 cm³/mol. The molecule has 22 heavy (non-hydrogen) atoms. The van der Waals surface area contributed by atoms with Gasteiger partial charge in [-0.3, -0.25) is 0 Å². The summed E-state index contributed by atoms with van der Waals surface area (Å²) in [6, 6.07) is 21.8. The number of pyridine rings is 1. The average molecular weight is 355 g/mol. The molecule has 0 aliphatic rings. The molecule has 1 heterocycles. The van der Waals surface area contributed by atoms with Gasteiger partial charge in [-0.25, -0.2) is 4.98 Å². The number of para-hydroxylation sites is 2. The van der Waals surface area contributed by atoms with Gasteiger partial charge in [0.05, 0.1) is 10.2 Å². The maximum Gasteiger partial charge on any atom is 0.144 e. The molecule has 0 atom stereocenters. The Hall–Kier alpha value is -2.33. The van der Waals surface area contributed by atoms with E-state index < -0.39 is 0 Å². The van der Waals surface area contributed by atoms with E-state index in [9.17, 15) is 0 Å².